The number of carboxylic acid groups (broad SMARTS) is 1. The fourth-order valence-electron chi connectivity index (χ4n) is 1.10. The van der Waals surface area contributed by atoms with E-state index in [2.05, 4.69) is 4.74 Å². The molecule has 1 aliphatic rings. The fraction of sp³-hybridized carbons (Fsp3) is 0.667. The standard InChI is InChI=1S/C6H9NO4/c1-3-4(5(8)9)7(2)6(10)11-3/h3-4H,1-2H3,(H,8,9)/t3-,4+/m1/s1. The van der Waals surface area contributed by atoms with E-state index in [0.29, 0.717) is 0 Å². The monoisotopic (exact) mass is 159 g/mol. The van der Waals surface area contributed by atoms with E-state index < -0.39 is 24.2 Å². The van der Waals surface area contributed by atoms with Gasteiger partial charge in [-0.15, -0.1) is 0 Å². The molecule has 1 N–H and O–H groups in total. The zero-order chi connectivity index (χ0) is 8.59. The topological polar surface area (TPSA) is 66.8 Å². The number of aliphatic carboxylic acids is 1. The van der Waals surface area contributed by atoms with Crippen LogP contribution in [0.1, 0.15) is 6.92 Å². The number of nitrogens with zero attached hydrogens (tertiary/aromatic N) is 1. The summed E-state index contributed by atoms with van der Waals surface area (Å²) in [7, 11) is 1.41. The first kappa shape index (κ1) is 7.84. The number of rotatable bonds is 1. The Kier molecular flexibility index (Phi) is 1.72. The molecule has 0 aliphatic carbocycles. The third-order valence-corrected chi connectivity index (χ3v) is 1.69. The molecular formula is C6H9NO4. The third-order valence-electron chi connectivity index (χ3n) is 1.69. The summed E-state index contributed by atoms with van der Waals surface area (Å²) in [6, 6.07) is -0.845. The number of cyclic esters (lactones) is 1. The lowest BCUT2D eigenvalue weighted by Crippen LogP contribution is -2.39. The van der Waals surface area contributed by atoms with E-state index in [-0.39, 0.29) is 0 Å². The molecule has 5 nitrogen and oxygen atoms in total. The molecular weight excluding hydrogens is 150 g/mol. The number of hydrogen-bond acceptors (Lipinski definition) is 3. The second-order valence-corrected chi connectivity index (χ2v) is 2.48. The van der Waals surface area contributed by atoms with Crippen molar-refractivity contribution < 1.29 is 19.4 Å². The fourth-order valence-corrected chi connectivity index (χ4v) is 1.10. The summed E-state index contributed by atoms with van der Waals surface area (Å²) in [5.74, 6) is -1.04. The predicted octanol–water partition coefficient (Wildman–Crippen LogP) is -0.0899. The molecule has 62 valence electrons. The maximum atomic E-state index is 10.7. The Morgan fingerprint density at radius 3 is 2.45 bits per heavy atom. The first-order valence-corrected chi connectivity index (χ1v) is 3.20. The van der Waals surface area contributed by atoms with Gasteiger partial charge in [-0.2, -0.15) is 0 Å². The second kappa shape index (κ2) is 2.41. The largest absolute Gasteiger partial charge is 0.480 e. The van der Waals surface area contributed by atoms with Gasteiger partial charge in [0.15, 0.2) is 6.04 Å². The maximum absolute atomic E-state index is 10.7. The van der Waals surface area contributed by atoms with Gasteiger partial charge in [0.05, 0.1) is 0 Å². The Labute approximate surface area is 63.5 Å². The Balaban J connectivity index is 2.79. The molecule has 1 fully saturated rings. The van der Waals surface area contributed by atoms with Crippen LogP contribution in [0.15, 0.2) is 0 Å². The Morgan fingerprint density at radius 2 is 2.27 bits per heavy atom. The Morgan fingerprint density at radius 1 is 1.73 bits per heavy atom. The average Bonchev–Trinajstić information content (AvgIpc) is 2.07. The van der Waals surface area contributed by atoms with E-state index in [1.807, 2.05) is 0 Å². The minimum Gasteiger partial charge on any atom is -0.480 e. The lowest BCUT2D eigenvalue weighted by Gasteiger charge is -2.12. The summed E-state index contributed by atoms with van der Waals surface area (Å²) in [5.41, 5.74) is 0. The highest BCUT2D eigenvalue weighted by Crippen LogP contribution is 2.16. The molecule has 0 aromatic carbocycles. The molecule has 0 aromatic rings. The molecule has 1 amide bonds. The summed E-state index contributed by atoms with van der Waals surface area (Å²) >= 11 is 0. The van der Waals surface area contributed by atoms with Crippen LogP contribution < -0.4 is 0 Å². The van der Waals surface area contributed by atoms with Gasteiger partial charge in [-0.1, -0.05) is 0 Å². The van der Waals surface area contributed by atoms with E-state index in [1.54, 1.807) is 6.92 Å². The van der Waals surface area contributed by atoms with Gasteiger partial charge in [0, 0.05) is 7.05 Å². The number of carbonyl (C=O) groups excluding carboxylic acids is 1. The van der Waals surface area contributed by atoms with Crippen molar-refractivity contribution in [1.29, 1.82) is 0 Å². The number of likely N-dealkylation sites (N-methyl/N-ethyl adjacent to an activating group) is 1. The van der Waals surface area contributed by atoms with Crippen LogP contribution in [-0.4, -0.2) is 41.3 Å². The van der Waals surface area contributed by atoms with Crippen molar-refractivity contribution in [2.45, 2.75) is 19.1 Å². The molecule has 0 radical (unpaired) electrons. The van der Waals surface area contributed by atoms with Gasteiger partial charge in [0.25, 0.3) is 0 Å². The van der Waals surface area contributed by atoms with Gasteiger partial charge in [0.2, 0.25) is 0 Å². The number of ether oxygens (including phenoxy) is 1. The van der Waals surface area contributed by atoms with E-state index >= 15 is 0 Å². The summed E-state index contributed by atoms with van der Waals surface area (Å²) in [4.78, 5) is 22.3. The van der Waals surface area contributed by atoms with Crippen molar-refractivity contribution in [1.82, 2.24) is 4.90 Å². The van der Waals surface area contributed by atoms with Crippen molar-refractivity contribution >= 4 is 12.1 Å². The zero-order valence-corrected chi connectivity index (χ0v) is 6.27. The smallest absolute Gasteiger partial charge is 0.410 e. The lowest BCUT2D eigenvalue weighted by molar-refractivity contribution is -0.142. The zero-order valence-electron chi connectivity index (χ0n) is 6.27. The normalized spacial score (nSPS) is 30.4. The highest BCUT2D eigenvalue weighted by Gasteiger charge is 2.41. The third kappa shape index (κ3) is 1.13. The van der Waals surface area contributed by atoms with Gasteiger partial charge in [-0.25, -0.2) is 9.59 Å². The van der Waals surface area contributed by atoms with Crippen LogP contribution in [0.2, 0.25) is 0 Å². The Hall–Kier alpha value is -1.26. The van der Waals surface area contributed by atoms with E-state index in [1.165, 1.54) is 7.05 Å². The van der Waals surface area contributed by atoms with Crippen LogP contribution in [0, 0.1) is 0 Å². The molecule has 2 atom stereocenters. The van der Waals surface area contributed by atoms with Crippen molar-refractivity contribution in [2.75, 3.05) is 7.05 Å². The Bertz CT molecular complexity index is 203. The predicted molar refractivity (Wildman–Crippen MR) is 35.1 cm³/mol. The summed E-state index contributed by atoms with van der Waals surface area (Å²) in [6.45, 7) is 1.56. The molecule has 5 heteroatoms. The molecule has 1 saturated heterocycles. The molecule has 1 heterocycles. The van der Waals surface area contributed by atoms with Gasteiger partial charge in [-0.05, 0) is 6.92 Å². The van der Waals surface area contributed by atoms with Crippen LogP contribution in [0.5, 0.6) is 0 Å². The number of carbonyl (C=O) groups is 2. The molecule has 0 bridgehead atoms. The molecule has 0 saturated carbocycles. The van der Waals surface area contributed by atoms with Gasteiger partial charge in [-0.3, -0.25) is 4.90 Å². The maximum Gasteiger partial charge on any atom is 0.410 e. The molecule has 1 rings (SSSR count). The summed E-state index contributed by atoms with van der Waals surface area (Å²) < 4.78 is 4.65. The van der Waals surface area contributed by atoms with Crippen molar-refractivity contribution in [2.24, 2.45) is 0 Å². The minimum absolute atomic E-state index is 0.565. The van der Waals surface area contributed by atoms with Gasteiger partial charge in [0.1, 0.15) is 6.10 Å². The number of hydrogen-bond donors (Lipinski definition) is 1. The highest BCUT2D eigenvalue weighted by molar-refractivity contribution is 5.83. The number of amides is 1. The number of carboxylic acids is 1. The van der Waals surface area contributed by atoms with Gasteiger partial charge < -0.3 is 9.84 Å². The highest BCUT2D eigenvalue weighted by atomic mass is 16.6. The van der Waals surface area contributed by atoms with Crippen LogP contribution in [0.3, 0.4) is 0 Å². The van der Waals surface area contributed by atoms with E-state index in [9.17, 15) is 9.59 Å². The van der Waals surface area contributed by atoms with E-state index in [4.69, 9.17) is 5.11 Å². The van der Waals surface area contributed by atoms with Crippen molar-refractivity contribution in [3.63, 3.8) is 0 Å². The molecule has 0 spiro atoms. The van der Waals surface area contributed by atoms with Crippen molar-refractivity contribution in [3.8, 4) is 0 Å². The lowest BCUT2D eigenvalue weighted by atomic mass is 10.2. The van der Waals surface area contributed by atoms with Crippen LogP contribution in [0.25, 0.3) is 0 Å². The van der Waals surface area contributed by atoms with Crippen LogP contribution >= 0.6 is 0 Å². The molecule has 0 aromatic heterocycles. The first-order valence-electron chi connectivity index (χ1n) is 3.20. The van der Waals surface area contributed by atoms with Gasteiger partial charge >= 0.3 is 12.1 Å². The first-order chi connectivity index (χ1) is 5.04. The minimum atomic E-state index is -1.04. The molecule has 1 aliphatic heterocycles. The summed E-state index contributed by atoms with van der Waals surface area (Å²) in [6.07, 6.45) is -1.14. The second-order valence-electron chi connectivity index (χ2n) is 2.48. The quantitative estimate of drug-likeness (QED) is 0.580. The summed E-state index contributed by atoms with van der Waals surface area (Å²) in [5, 5.41) is 8.60. The van der Waals surface area contributed by atoms with E-state index in [0.717, 1.165) is 4.90 Å². The SMILES string of the molecule is C[C@H]1OC(=O)N(C)[C@@H]1C(=O)O. The van der Waals surface area contributed by atoms with Crippen LogP contribution in [-0.2, 0) is 9.53 Å². The molecule has 11 heavy (non-hydrogen) atoms. The molecule has 0 unspecified atom stereocenters. The van der Waals surface area contributed by atoms with Crippen LogP contribution in [0.4, 0.5) is 4.79 Å². The average molecular weight is 159 g/mol. The van der Waals surface area contributed by atoms with Crippen molar-refractivity contribution in [3.05, 3.63) is 0 Å².